The summed E-state index contributed by atoms with van der Waals surface area (Å²) in [5, 5.41) is 12.3. The van der Waals surface area contributed by atoms with E-state index in [2.05, 4.69) is 10.1 Å². The van der Waals surface area contributed by atoms with E-state index in [4.69, 9.17) is 9.84 Å². The van der Waals surface area contributed by atoms with Gasteiger partial charge in [-0.2, -0.15) is 4.98 Å². The van der Waals surface area contributed by atoms with Crippen molar-refractivity contribution in [1.29, 1.82) is 0 Å². The third-order valence-electron chi connectivity index (χ3n) is 1.58. The molecule has 0 aliphatic rings. The first-order valence-electron chi connectivity index (χ1n) is 3.79. The molecule has 6 nitrogen and oxygen atoms in total. The summed E-state index contributed by atoms with van der Waals surface area (Å²) in [5.74, 6) is -0.235. The molecule has 0 spiro atoms. The van der Waals surface area contributed by atoms with Crippen LogP contribution in [0.5, 0.6) is 6.01 Å². The molecule has 0 amide bonds. The van der Waals surface area contributed by atoms with Crippen LogP contribution < -0.4 is 4.74 Å². The Morgan fingerprint density at radius 3 is 2.85 bits per heavy atom. The van der Waals surface area contributed by atoms with Crippen LogP contribution in [0.4, 0.5) is 0 Å². The Morgan fingerprint density at radius 2 is 2.38 bits per heavy atom. The molecule has 0 radical (unpaired) electrons. The van der Waals surface area contributed by atoms with E-state index in [-0.39, 0.29) is 12.4 Å². The molecular formula is C7H11N3O3. The molecule has 1 aromatic heterocycles. The number of carboxylic acids is 1. The van der Waals surface area contributed by atoms with Gasteiger partial charge in [-0.15, -0.1) is 5.10 Å². The summed E-state index contributed by atoms with van der Waals surface area (Å²) in [6, 6.07) is 0.267. The van der Waals surface area contributed by atoms with Crippen LogP contribution in [-0.2, 0) is 18.3 Å². The van der Waals surface area contributed by atoms with Crippen LogP contribution in [0, 0.1) is 0 Å². The third-order valence-corrected chi connectivity index (χ3v) is 1.58. The minimum atomic E-state index is -0.845. The summed E-state index contributed by atoms with van der Waals surface area (Å²) < 4.78 is 6.31. The minimum absolute atomic E-state index is 0.0513. The van der Waals surface area contributed by atoms with Crippen molar-refractivity contribution in [2.75, 3.05) is 7.11 Å². The molecule has 0 atom stereocenters. The Balaban J connectivity index is 2.65. The molecule has 0 saturated heterocycles. The van der Waals surface area contributed by atoms with E-state index >= 15 is 0 Å². The van der Waals surface area contributed by atoms with Crippen molar-refractivity contribution in [3.63, 3.8) is 0 Å². The van der Waals surface area contributed by atoms with E-state index in [1.165, 1.54) is 11.8 Å². The zero-order valence-corrected chi connectivity index (χ0v) is 7.52. The number of nitrogens with zero attached hydrogens (tertiary/aromatic N) is 3. The number of aromatic nitrogens is 3. The third kappa shape index (κ3) is 2.43. The fraction of sp³-hybridized carbons (Fsp3) is 0.571. The van der Waals surface area contributed by atoms with Crippen LogP contribution in [0.1, 0.15) is 12.2 Å². The number of aryl methyl sites for hydroxylation is 2. The van der Waals surface area contributed by atoms with Crippen LogP contribution in [0.25, 0.3) is 0 Å². The van der Waals surface area contributed by atoms with Crippen molar-refractivity contribution in [1.82, 2.24) is 14.8 Å². The fourth-order valence-corrected chi connectivity index (χ4v) is 0.914. The first kappa shape index (κ1) is 9.50. The lowest BCUT2D eigenvalue weighted by Gasteiger charge is -1.94. The van der Waals surface area contributed by atoms with Crippen LogP contribution in [0.3, 0.4) is 0 Å². The van der Waals surface area contributed by atoms with Gasteiger partial charge in [-0.25, -0.2) is 4.68 Å². The molecule has 0 aliphatic carbocycles. The maximum absolute atomic E-state index is 10.3. The van der Waals surface area contributed by atoms with Crippen molar-refractivity contribution >= 4 is 5.97 Å². The molecule has 0 aromatic carbocycles. The molecule has 1 N–H and O–H groups in total. The van der Waals surface area contributed by atoms with Crippen molar-refractivity contribution in [3.8, 4) is 6.01 Å². The zero-order chi connectivity index (χ0) is 9.84. The summed E-state index contributed by atoms with van der Waals surface area (Å²) in [6.45, 7) is 0. The largest absolute Gasteiger partial charge is 0.481 e. The zero-order valence-electron chi connectivity index (χ0n) is 7.52. The van der Waals surface area contributed by atoms with E-state index in [9.17, 15) is 4.79 Å². The highest BCUT2D eigenvalue weighted by atomic mass is 16.5. The summed E-state index contributed by atoms with van der Waals surface area (Å²) in [5.41, 5.74) is 0. The van der Waals surface area contributed by atoms with E-state index in [0.29, 0.717) is 12.2 Å². The van der Waals surface area contributed by atoms with E-state index in [0.717, 1.165) is 0 Å². The second kappa shape index (κ2) is 3.88. The predicted molar refractivity (Wildman–Crippen MR) is 43.5 cm³/mol. The molecular weight excluding hydrogens is 174 g/mol. The van der Waals surface area contributed by atoms with Crippen molar-refractivity contribution in [2.45, 2.75) is 12.8 Å². The highest BCUT2D eigenvalue weighted by Crippen LogP contribution is 2.05. The predicted octanol–water partition coefficient (Wildman–Crippen LogP) is -0.159. The van der Waals surface area contributed by atoms with Crippen LogP contribution >= 0.6 is 0 Å². The lowest BCUT2D eigenvalue weighted by Crippen LogP contribution is -2.03. The second-order valence-electron chi connectivity index (χ2n) is 2.53. The molecule has 1 heterocycles. The minimum Gasteiger partial charge on any atom is -0.481 e. The van der Waals surface area contributed by atoms with Gasteiger partial charge < -0.3 is 9.84 Å². The smallest absolute Gasteiger partial charge is 0.335 e. The number of carbonyl (C=O) groups is 1. The van der Waals surface area contributed by atoms with Gasteiger partial charge in [0.25, 0.3) is 0 Å². The first-order chi connectivity index (χ1) is 6.13. The van der Waals surface area contributed by atoms with E-state index < -0.39 is 5.97 Å². The molecule has 13 heavy (non-hydrogen) atoms. The Hall–Kier alpha value is -1.59. The average molecular weight is 185 g/mol. The number of rotatable bonds is 4. The molecule has 6 heteroatoms. The molecule has 0 fully saturated rings. The first-order valence-corrected chi connectivity index (χ1v) is 3.79. The van der Waals surface area contributed by atoms with Gasteiger partial charge in [-0.1, -0.05) is 0 Å². The Bertz CT molecular complexity index is 308. The highest BCUT2D eigenvalue weighted by molar-refractivity contribution is 5.66. The molecule has 0 aliphatic heterocycles. The topological polar surface area (TPSA) is 77.2 Å². The van der Waals surface area contributed by atoms with Gasteiger partial charge in [0.15, 0.2) is 0 Å². The lowest BCUT2D eigenvalue weighted by atomic mass is 10.3. The normalized spacial score (nSPS) is 10.0. The quantitative estimate of drug-likeness (QED) is 0.705. The van der Waals surface area contributed by atoms with Gasteiger partial charge >= 0.3 is 12.0 Å². The summed E-state index contributed by atoms with van der Waals surface area (Å²) in [7, 11) is 3.17. The van der Waals surface area contributed by atoms with E-state index in [1.54, 1.807) is 7.05 Å². The van der Waals surface area contributed by atoms with Gasteiger partial charge in [0, 0.05) is 13.5 Å². The van der Waals surface area contributed by atoms with Gasteiger partial charge in [-0.05, 0) is 0 Å². The number of hydrogen-bond donors (Lipinski definition) is 1. The fourth-order valence-electron chi connectivity index (χ4n) is 0.914. The highest BCUT2D eigenvalue weighted by Gasteiger charge is 2.08. The molecule has 72 valence electrons. The second-order valence-corrected chi connectivity index (χ2v) is 2.53. The lowest BCUT2D eigenvalue weighted by molar-refractivity contribution is -0.137. The Kier molecular flexibility index (Phi) is 2.84. The molecule has 0 unspecified atom stereocenters. The molecule has 0 saturated carbocycles. The van der Waals surface area contributed by atoms with Crippen LogP contribution in [0.2, 0.25) is 0 Å². The van der Waals surface area contributed by atoms with Crippen LogP contribution in [0.15, 0.2) is 0 Å². The molecule has 1 rings (SSSR count). The Morgan fingerprint density at radius 1 is 1.69 bits per heavy atom. The average Bonchev–Trinajstić information content (AvgIpc) is 2.43. The van der Waals surface area contributed by atoms with E-state index in [1.807, 2.05) is 0 Å². The summed E-state index contributed by atoms with van der Waals surface area (Å²) >= 11 is 0. The van der Waals surface area contributed by atoms with Crippen LogP contribution in [-0.4, -0.2) is 33.0 Å². The number of ether oxygens (including phenoxy) is 1. The van der Waals surface area contributed by atoms with Crippen molar-refractivity contribution in [2.24, 2.45) is 7.05 Å². The SMILES string of the molecule is COc1nc(CCC(=O)O)n(C)n1. The number of methoxy groups -OCH3 is 1. The molecule has 1 aromatic rings. The monoisotopic (exact) mass is 185 g/mol. The van der Waals surface area contributed by atoms with Crippen molar-refractivity contribution < 1.29 is 14.6 Å². The van der Waals surface area contributed by atoms with Gasteiger partial charge in [0.05, 0.1) is 13.5 Å². The summed E-state index contributed by atoms with van der Waals surface area (Å²) in [6.07, 6.45) is 0.415. The van der Waals surface area contributed by atoms with Gasteiger partial charge in [-0.3, -0.25) is 4.79 Å². The molecule has 0 bridgehead atoms. The maximum Gasteiger partial charge on any atom is 0.335 e. The standard InChI is InChI=1S/C7H11N3O3/c1-10-5(3-4-6(11)12)8-7(9-10)13-2/h3-4H2,1-2H3,(H,11,12). The summed E-state index contributed by atoms with van der Waals surface area (Å²) in [4.78, 5) is 14.2. The number of carboxylic acid groups (broad SMARTS) is 1. The Labute approximate surface area is 75.2 Å². The van der Waals surface area contributed by atoms with Crippen molar-refractivity contribution in [3.05, 3.63) is 5.82 Å². The number of aliphatic carboxylic acids is 1. The number of hydrogen-bond acceptors (Lipinski definition) is 4. The van der Waals surface area contributed by atoms with Gasteiger partial charge in [0.1, 0.15) is 5.82 Å². The maximum atomic E-state index is 10.3. The van der Waals surface area contributed by atoms with Gasteiger partial charge in [0.2, 0.25) is 0 Å².